The van der Waals surface area contributed by atoms with Crippen LogP contribution in [0, 0.1) is 0 Å². The molecule has 27 heavy (non-hydrogen) atoms. The molecule has 1 aromatic rings. The van der Waals surface area contributed by atoms with Crippen molar-refractivity contribution < 1.29 is 0 Å². The predicted molar refractivity (Wildman–Crippen MR) is 118 cm³/mol. The van der Waals surface area contributed by atoms with E-state index in [2.05, 4.69) is 79.5 Å². The maximum atomic E-state index is 4.43. The highest BCUT2D eigenvalue weighted by molar-refractivity contribution is 9.10. The van der Waals surface area contributed by atoms with Crippen molar-refractivity contribution in [1.82, 2.24) is 20.4 Å². The Bertz CT molecular complexity index is 635. The zero-order chi connectivity index (χ0) is 19.3. The third-order valence-electron chi connectivity index (χ3n) is 6.15. The Morgan fingerprint density at radius 1 is 1.22 bits per heavy atom. The SMILES string of the molecule is CCN1CCN(C(C)CNC(=NC)NCC2(c3cccc(Br)c3)CC2)CC1. The average Bonchev–Trinajstić information content (AvgIpc) is 3.49. The molecule has 2 fully saturated rings. The number of nitrogens with zero attached hydrogens (tertiary/aromatic N) is 3. The van der Waals surface area contributed by atoms with Gasteiger partial charge in [0, 0.05) is 62.2 Å². The first-order valence-corrected chi connectivity index (χ1v) is 11.0. The zero-order valence-corrected chi connectivity index (χ0v) is 18.6. The molecular weight excluding hydrogens is 402 g/mol. The van der Waals surface area contributed by atoms with Crippen LogP contribution in [0.5, 0.6) is 0 Å². The van der Waals surface area contributed by atoms with Crippen LogP contribution in [0.2, 0.25) is 0 Å². The van der Waals surface area contributed by atoms with Crippen molar-refractivity contribution in [2.24, 2.45) is 4.99 Å². The second-order valence-corrected chi connectivity index (χ2v) is 8.83. The van der Waals surface area contributed by atoms with E-state index >= 15 is 0 Å². The number of rotatable bonds is 7. The summed E-state index contributed by atoms with van der Waals surface area (Å²) in [6, 6.07) is 9.24. The normalized spacial score (nSPS) is 21.7. The Morgan fingerprint density at radius 2 is 1.96 bits per heavy atom. The van der Waals surface area contributed by atoms with Gasteiger partial charge in [0.15, 0.2) is 5.96 Å². The first-order chi connectivity index (χ1) is 13.1. The van der Waals surface area contributed by atoms with Gasteiger partial charge in [-0.25, -0.2) is 0 Å². The maximum Gasteiger partial charge on any atom is 0.191 e. The van der Waals surface area contributed by atoms with E-state index in [1.807, 2.05) is 7.05 Å². The second kappa shape index (κ2) is 9.39. The largest absolute Gasteiger partial charge is 0.356 e. The number of hydrogen-bond acceptors (Lipinski definition) is 3. The highest BCUT2D eigenvalue weighted by Gasteiger charge is 2.44. The van der Waals surface area contributed by atoms with Crippen LogP contribution < -0.4 is 10.6 Å². The monoisotopic (exact) mass is 435 g/mol. The number of guanidine groups is 1. The molecule has 1 aliphatic carbocycles. The maximum absolute atomic E-state index is 4.43. The van der Waals surface area contributed by atoms with Gasteiger partial charge in [-0.05, 0) is 44.0 Å². The first-order valence-electron chi connectivity index (χ1n) is 10.2. The summed E-state index contributed by atoms with van der Waals surface area (Å²) in [7, 11) is 1.86. The van der Waals surface area contributed by atoms with Crippen LogP contribution in [0.1, 0.15) is 32.3 Å². The summed E-state index contributed by atoms with van der Waals surface area (Å²) in [6.45, 7) is 12.3. The Balaban J connectivity index is 1.45. The van der Waals surface area contributed by atoms with E-state index in [-0.39, 0.29) is 5.41 Å². The highest BCUT2D eigenvalue weighted by atomic mass is 79.9. The van der Waals surface area contributed by atoms with Gasteiger partial charge >= 0.3 is 0 Å². The molecule has 1 aromatic carbocycles. The van der Waals surface area contributed by atoms with Gasteiger partial charge in [0.05, 0.1) is 0 Å². The Hall–Kier alpha value is -1.11. The highest BCUT2D eigenvalue weighted by Crippen LogP contribution is 2.48. The van der Waals surface area contributed by atoms with Crippen LogP contribution >= 0.6 is 15.9 Å². The summed E-state index contributed by atoms with van der Waals surface area (Å²) in [4.78, 5) is 9.53. The van der Waals surface area contributed by atoms with Gasteiger partial charge in [-0.1, -0.05) is 35.0 Å². The minimum absolute atomic E-state index is 0.267. The van der Waals surface area contributed by atoms with Crippen LogP contribution in [-0.2, 0) is 5.41 Å². The summed E-state index contributed by atoms with van der Waals surface area (Å²) < 4.78 is 1.16. The van der Waals surface area contributed by atoms with Crippen molar-refractivity contribution in [1.29, 1.82) is 0 Å². The molecule has 6 heteroatoms. The molecule has 1 saturated carbocycles. The average molecular weight is 436 g/mol. The smallest absolute Gasteiger partial charge is 0.191 e. The van der Waals surface area contributed by atoms with Crippen molar-refractivity contribution >= 4 is 21.9 Å². The van der Waals surface area contributed by atoms with Crippen LogP contribution in [0.25, 0.3) is 0 Å². The molecule has 0 radical (unpaired) electrons. The number of aliphatic imine (C=N–C) groups is 1. The van der Waals surface area contributed by atoms with Crippen LogP contribution in [0.4, 0.5) is 0 Å². The van der Waals surface area contributed by atoms with Gasteiger partial charge in [0.2, 0.25) is 0 Å². The quantitative estimate of drug-likeness (QED) is 0.510. The number of halogens is 1. The lowest BCUT2D eigenvalue weighted by atomic mass is 9.96. The van der Waals surface area contributed by atoms with Crippen molar-refractivity contribution in [3.05, 3.63) is 34.3 Å². The van der Waals surface area contributed by atoms with Gasteiger partial charge in [0.25, 0.3) is 0 Å². The zero-order valence-electron chi connectivity index (χ0n) is 17.0. The first kappa shape index (κ1) is 20.6. The fraction of sp³-hybridized carbons (Fsp3) is 0.667. The number of piperazine rings is 1. The van der Waals surface area contributed by atoms with Crippen molar-refractivity contribution in [3.63, 3.8) is 0 Å². The standard InChI is InChI=1S/C21H34BrN5/c1-4-26-10-12-27(13-11-26)17(2)15-24-20(23-3)25-16-21(8-9-21)18-6-5-7-19(22)14-18/h5-7,14,17H,4,8-13,15-16H2,1-3H3,(H2,23,24,25). The summed E-state index contributed by atoms with van der Waals surface area (Å²) in [6.07, 6.45) is 2.48. The molecule has 2 N–H and O–H groups in total. The molecular formula is C21H34BrN5. The molecule has 2 aliphatic rings. The number of hydrogen-bond donors (Lipinski definition) is 2. The van der Waals surface area contributed by atoms with E-state index in [9.17, 15) is 0 Å². The van der Waals surface area contributed by atoms with Gasteiger partial charge in [-0.3, -0.25) is 9.89 Å². The fourth-order valence-corrected chi connectivity index (χ4v) is 4.30. The van der Waals surface area contributed by atoms with Gasteiger partial charge in [0.1, 0.15) is 0 Å². The molecule has 150 valence electrons. The minimum atomic E-state index is 0.267. The van der Waals surface area contributed by atoms with Crippen molar-refractivity contribution in [3.8, 4) is 0 Å². The lowest BCUT2D eigenvalue weighted by molar-refractivity contribution is 0.107. The van der Waals surface area contributed by atoms with Gasteiger partial charge in [-0.2, -0.15) is 0 Å². The third-order valence-corrected chi connectivity index (χ3v) is 6.64. The van der Waals surface area contributed by atoms with Gasteiger partial charge < -0.3 is 15.5 Å². The molecule has 1 atom stereocenters. The number of benzene rings is 1. The number of likely N-dealkylation sites (N-methyl/N-ethyl adjacent to an activating group) is 1. The molecule has 1 aliphatic heterocycles. The van der Waals surface area contributed by atoms with Crippen LogP contribution in [-0.4, -0.2) is 74.7 Å². The molecule has 0 amide bonds. The summed E-state index contributed by atoms with van der Waals surface area (Å²) in [5, 5.41) is 7.09. The van der Waals surface area contributed by atoms with E-state index < -0.39 is 0 Å². The van der Waals surface area contributed by atoms with Crippen LogP contribution in [0.3, 0.4) is 0 Å². The van der Waals surface area contributed by atoms with E-state index in [1.54, 1.807) is 0 Å². The van der Waals surface area contributed by atoms with E-state index in [4.69, 9.17) is 0 Å². The van der Waals surface area contributed by atoms with E-state index in [0.717, 1.165) is 43.2 Å². The third kappa shape index (κ3) is 5.46. The molecule has 0 aromatic heterocycles. The molecule has 1 heterocycles. The molecule has 5 nitrogen and oxygen atoms in total. The lowest BCUT2D eigenvalue weighted by Crippen LogP contribution is -2.53. The number of nitrogens with one attached hydrogen (secondary N) is 2. The summed E-state index contributed by atoms with van der Waals surface area (Å²) in [5.74, 6) is 0.912. The Morgan fingerprint density at radius 3 is 2.56 bits per heavy atom. The lowest BCUT2D eigenvalue weighted by Gasteiger charge is -2.37. The minimum Gasteiger partial charge on any atom is -0.356 e. The van der Waals surface area contributed by atoms with Crippen molar-refractivity contribution in [2.45, 2.75) is 38.1 Å². The molecule has 1 unspecified atom stereocenters. The van der Waals surface area contributed by atoms with E-state index in [0.29, 0.717) is 6.04 Å². The Kier molecular flexibility index (Phi) is 7.17. The van der Waals surface area contributed by atoms with E-state index in [1.165, 1.54) is 31.5 Å². The second-order valence-electron chi connectivity index (χ2n) is 7.92. The molecule has 3 rings (SSSR count). The molecule has 0 spiro atoms. The van der Waals surface area contributed by atoms with Gasteiger partial charge in [-0.15, -0.1) is 0 Å². The topological polar surface area (TPSA) is 42.9 Å². The predicted octanol–water partition coefficient (Wildman–Crippen LogP) is 2.67. The van der Waals surface area contributed by atoms with Crippen LogP contribution in [0.15, 0.2) is 33.7 Å². The fourth-order valence-electron chi connectivity index (χ4n) is 3.90. The summed E-state index contributed by atoms with van der Waals surface area (Å²) >= 11 is 3.60. The molecule has 0 bridgehead atoms. The van der Waals surface area contributed by atoms with Crippen molar-refractivity contribution in [2.75, 3.05) is 52.9 Å². The Labute approximate surface area is 172 Å². The molecule has 1 saturated heterocycles. The summed E-state index contributed by atoms with van der Waals surface area (Å²) in [5.41, 5.74) is 1.69.